The van der Waals surface area contributed by atoms with Crippen LogP contribution in [0.3, 0.4) is 0 Å². The van der Waals surface area contributed by atoms with Crippen molar-refractivity contribution in [3.8, 4) is 11.8 Å². The molecular formula is C23H26N6O2. The van der Waals surface area contributed by atoms with Crippen LogP contribution >= 0.6 is 0 Å². The van der Waals surface area contributed by atoms with E-state index in [1.807, 2.05) is 44.4 Å². The molecule has 1 N–H and O–H groups in total. The van der Waals surface area contributed by atoms with Crippen molar-refractivity contribution in [3.05, 3.63) is 52.4 Å². The molecule has 2 aromatic heterocycles. The Morgan fingerprint density at radius 3 is 2.68 bits per heavy atom. The van der Waals surface area contributed by atoms with Crippen LogP contribution in [-0.4, -0.2) is 46.7 Å². The van der Waals surface area contributed by atoms with Crippen LogP contribution in [-0.2, 0) is 0 Å². The zero-order valence-corrected chi connectivity index (χ0v) is 17.8. The monoisotopic (exact) mass is 418 g/mol. The van der Waals surface area contributed by atoms with Gasteiger partial charge in [-0.2, -0.15) is 10.2 Å². The van der Waals surface area contributed by atoms with Gasteiger partial charge in [-0.15, -0.1) is 0 Å². The largest absolute Gasteiger partial charge is 0.492 e. The number of ether oxygens (including phenoxy) is 1. The van der Waals surface area contributed by atoms with E-state index in [0.29, 0.717) is 23.6 Å². The van der Waals surface area contributed by atoms with Gasteiger partial charge in [0, 0.05) is 29.9 Å². The van der Waals surface area contributed by atoms with Gasteiger partial charge in [-0.05, 0) is 57.3 Å². The van der Waals surface area contributed by atoms with Crippen LogP contribution < -0.4 is 15.6 Å². The van der Waals surface area contributed by atoms with E-state index in [9.17, 15) is 10.1 Å². The molecule has 0 atom stereocenters. The van der Waals surface area contributed by atoms with Gasteiger partial charge in [0.2, 0.25) is 5.95 Å². The molecule has 0 aliphatic heterocycles. The quantitative estimate of drug-likeness (QED) is 0.628. The number of pyridine rings is 1. The Balaban J connectivity index is 1.60. The van der Waals surface area contributed by atoms with Crippen molar-refractivity contribution in [2.24, 2.45) is 0 Å². The number of likely N-dealkylation sites (N-methyl/N-ethyl adjacent to an activating group) is 1. The molecule has 160 valence electrons. The van der Waals surface area contributed by atoms with E-state index >= 15 is 0 Å². The molecule has 1 saturated carbocycles. The zero-order valence-electron chi connectivity index (χ0n) is 17.8. The molecule has 1 aliphatic rings. The van der Waals surface area contributed by atoms with Gasteiger partial charge in [-0.3, -0.25) is 9.36 Å². The van der Waals surface area contributed by atoms with Crippen LogP contribution in [0.5, 0.6) is 5.75 Å². The van der Waals surface area contributed by atoms with Gasteiger partial charge >= 0.3 is 0 Å². The molecule has 4 rings (SSSR count). The van der Waals surface area contributed by atoms with E-state index in [-0.39, 0.29) is 17.2 Å². The first-order valence-corrected chi connectivity index (χ1v) is 10.5. The first-order valence-electron chi connectivity index (χ1n) is 10.5. The third kappa shape index (κ3) is 4.67. The molecule has 0 radical (unpaired) electrons. The van der Waals surface area contributed by atoms with Crippen LogP contribution in [0, 0.1) is 11.3 Å². The van der Waals surface area contributed by atoms with Crippen LogP contribution in [0.25, 0.3) is 11.0 Å². The van der Waals surface area contributed by atoms with Gasteiger partial charge in [0.1, 0.15) is 29.6 Å². The highest BCUT2D eigenvalue weighted by atomic mass is 16.5. The van der Waals surface area contributed by atoms with E-state index in [0.717, 1.165) is 43.7 Å². The number of nitrogens with zero attached hydrogens (tertiary/aromatic N) is 5. The van der Waals surface area contributed by atoms with Crippen molar-refractivity contribution in [1.82, 2.24) is 19.4 Å². The maximum Gasteiger partial charge on any atom is 0.270 e. The predicted octanol–water partition coefficient (Wildman–Crippen LogP) is 3.46. The fourth-order valence-corrected chi connectivity index (χ4v) is 3.87. The lowest BCUT2D eigenvalue weighted by atomic mass is 10.2. The smallest absolute Gasteiger partial charge is 0.270 e. The molecule has 8 nitrogen and oxygen atoms in total. The minimum absolute atomic E-state index is 0.0737. The van der Waals surface area contributed by atoms with Crippen molar-refractivity contribution < 1.29 is 4.74 Å². The first-order chi connectivity index (χ1) is 15.0. The Labute approximate surface area is 181 Å². The Bertz CT molecular complexity index is 1160. The summed E-state index contributed by atoms with van der Waals surface area (Å²) < 4.78 is 7.41. The highest BCUT2D eigenvalue weighted by molar-refractivity contribution is 5.77. The molecule has 0 spiro atoms. The van der Waals surface area contributed by atoms with Crippen molar-refractivity contribution in [3.63, 3.8) is 0 Å². The highest BCUT2D eigenvalue weighted by Crippen LogP contribution is 2.31. The second-order valence-corrected chi connectivity index (χ2v) is 8.06. The van der Waals surface area contributed by atoms with Gasteiger partial charge in [0.15, 0.2) is 0 Å². The Morgan fingerprint density at radius 2 is 2.00 bits per heavy atom. The summed E-state index contributed by atoms with van der Waals surface area (Å²) in [4.78, 5) is 24.0. The Morgan fingerprint density at radius 1 is 1.26 bits per heavy atom. The van der Waals surface area contributed by atoms with Crippen molar-refractivity contribution in [1.29, 1.82) is 5.26 Å². The van der Waals surface area contributed by atoms with Crippen LogP contribution in [0.15, 0.2) is 41.3 Å². The lowest BCUT2D eigenvalue weighted by Crippen LogP contribution is -2.26. The lowest BCUT2D eigenvalue weighted by molar-refractivity contribution is 0.261. The molecule has 0 unspecified atom stereocenters. The average molecular weight is 419 g/mol. The van der Waals surface area contributed by atoms with Gasteiger partial charge in [0.05, 0.1) is 0 Å². The summed E-state index contributed by atoms with van der Waals surface area (Å²) in [7, 11) is 4.01. The standard InChI is InChI=1S/C23H26N6O2/c1-28(2)11-12-31-20-9-7-18(8-10-20)26-23-25-15-17-13-16(14-24)22(30)29(21(17)27-23)19-5-3-4-6-19/h7-10,13,15,19H,3-6,11-12H2,1-2H3,(H,25,26,27). The Kier molecular flexibility index (Phi) is 6.14. The fraction of sp³-hybridized carbons (Fsp3) is 0.391. The van der Waals surface area contributed by atoms with Crippen LogP contribution in [0.1, 0.15) is 37.3 Å². The van der Waals surface area contributed by atoms with Gasteiger partial charge in [-0.25, -0.2) is 4.98 Å². The SMILES string of the molecule is CN(C)CCOc1ccc(Nc2ncc3cc(C#N)c(=O)n(C4CCCC4)c3n2)cc1. The molecule has 1 aromatic carbocycles. The topological polar surface area (TPSA) is 96.1 Å². The number of anilines is 2. The summed E-state index contributed by atoms with van der Waals surface area (Å²) in [6.07, 6.45) is 5.66. The lowest BCUT2D eigenvalue weighted by Gasteiger charge is -2.17. The molecule has 1 aliphatic carbocycles. The van der Waals surface area contributed by atoms with Gasteiger partial charge in [-0.1, -0.05) is 12.8 Å². The van der Waals surface area contributed by atoms with Crippen LogP contribution in [0.2, 0.25) is 0 Å². The van der Waals surface area contributed by atoms with Crippen molar-refractivity contribution in [2.45, 2.75) is 31.7 Å². The molecule has 31 heavy (non-hydrogen) atoms. The highest BCUT2D eigenvalue weighted by Gasteiger charge is 2.22. The third-order valence-corrected chi connectivity index (χ3v) is 5.50. The molecule has 0 bridgehead atoms. The normalized spacial score (nSPS) is 14.1. The molecule has 3 aromatic rings. The summed E-state index contributed by atoms with van der Waals surface area (Å²) in [6, 6.07) is 11.3. The van der Waals surface area contributed by atoms with Gasteiger partial charge in [0.25, 0.3) is 5.56 Å². The van der Waals surface area contributed by atoms with E-state index in [4.69, 9.17) is 4.74 Å². The number of benzene rings is 1. The number of rotatable bonds is 7. The summed E-state index contributed by atoms with van der Waals surface area (Å²) in [6.45, 7) is 1.47. The Hall–Kier alpha value is -3.44. The van der Waals surface area contributed by atoms with E-state index in [2.05, 4.69) is 20.2 Å². The second kappa shape index (κ2) is 9.14. The summed E-state index contributed by atoms with van der Waals surface area (Å²) in [5.41, 5.74) is 1.25. The zero-order chi connectivity index (χ0) is 21.8. The van der Waals surface area contributed by atoms with E-state index < -0.39 is 0 Å². The molecule has 8 heteroatoms. The van der Waals surface area contributed by atoms with Crippen molar-refractivity contribution in [2.75, 3.05) is 32.6 Å². The molecule has 0 saturated heterocycles. The number of nitriles is 1. The second-order valence-electron chi connectivity index (χ2n) is 8.06. The maximum absolute atomic E-state index is 12.9. The number of hydrogen-bond donors (Lipinski definition) is 1. The minimum Gasteiger partial charge on any atom is -0.492 e. The van der Waals surface area contributed by atoms with E-state index in [1.165, 1.54) is 0 Å². The fourth-order valence-electron chi connectivity index (χ4n) is 3.87. The number of nitrogens with one attached hydrogen (secondary N) is 1. The van der Waals surface area contributed by atoms with Crippen LogP contribution in [0.4, 0.5) is 11.6 Å². The number of aromatic nitrogens is 3. The predicted molar refractivity (Wildman–Crippen MR) is 120 cm³/mol. The molecular weight excluding hydrogens is 392 g/mol. The minimum atomic E-state index is -0.272. The third-order valence-electron chi connectivity index (χ3n) is 5.50. The summed E-state index contributed by atoms with van der Waals surface area (Å²) in [5.74, 6) is 1.20. The summed E-state index contributed by atoms with van der Waals surface area (Å²) in [5, 5.41) is 13.3. The summed E-state index contributed by atoms with van der Waals surface area (Å²) >= 11 is 0. The number of hydrogen-bond acceptors (Lipinski definition) is 7. The molecule has 0 amide bonds. The van der Waals surface area contributed by atoms with Gasteiger partial charge < -0.3 is 15.0 Å². The first kappa shape index (κ1) is 20.8. The number of fused-ring (bicyclic) bond motifs is 1. The van der Waals surface area contributed by atoms with E-state index in [1.54, 1.807) is 16.8 Å². The van der Waals surface area contributed by atoms with Crippen molar-refractivity contribution >= 4 is 22.7 Å². The molecule has 1 fully saturated rings. The molecule has 2 heterocycles. The average Bonchev–Trinajstić information content (AvgIpc) is 3.28. The maximum atomic E-state index is 12.9.